The van der Waals surface area contributed by atoms with Gasteiger partial charge in [-0.1, -0.05) is 28.1 Å². The van der Waals surface area contributed by atoms with Crippen LogP contribution in [0.3, 0.4) is 0 Å². The molecule has 32 heavy (non-hydrogen) atoms. The van der Waals surface area contributed by atoms with Crippen LogP contribution in [0.15, 0.2) is 76.8 Å². The van der Waals surface area contributed by atoms with Crippen LogP contribution >= 0.6 is 15.9 Å². The standard InChI is InChI=1S/C24H16BrFN2O4/c25-19-5-10-22(32-14-15-1-3-16(4-2-15)24(30)31)17(12-19)11-18(13-27)23(29)28-21-8-6-20(26)7-9-21/h1-12H,14H2,(H,28,29)(H,30,31)/b18-11+. The number of nitrogens with zero attached hydrogens (tertiary/aromatic N) is 1. The van der Waals surface area contributed by atoms with Gasteiger partial charge >= 0.3 is 5.97 Å². The van der Waals surface area contributed by atoms with Gasteiger partial charge < -0.3 is 15.2 Å². The zero-order valence-corrected chi connectivity index (χ0v) is 18.1. The molecule has 6 nitrogen and oxygen atoms in total. The van der Waals surface area contributed by atoms with Crippen molar-refractivity contribution in [2.24, 2.45) is 0 Å². The summed E-state index contributed by atoms with van der Waals surface area (Å²) in [6, 6.07) is 18.5. The van der Waals surface area contributed by atoms with Crippen molar-refractivity contribution in [2.45, 2.75) is 6.61 Å². The SMILES string of the molecule is N#C/C(=C\c1cc(Br)ccc1OCc1ccc(C(=O)O)cc1)C(=O)Nc1ccc(F)cc1. The summed E-state index contributed by atoms with van der Waals surface area (Å²) in [6.45, 7) is 0.159. The maximum atomic E-state index is 13.0. The molecule has 0 heterocycles. The quantitative estimate of drug-likeness (QED) is 0.337. The number of anilines is 1. The number of hydrogen-bond acceptors (Lipinski definition) is 4. The first kappa shape index (κ1) is 22.7. The molecule has 3 aromatic rings. The van der Waals surface area contributed by atoms with Crippen molar-refractivity contribution in [1.29, 1.82) is 5.26 Å². The van der Waals surface area contributed by atoms with Gasteiger partial charge in [0.25, 0.3) is 5.91 Å². The molecule has 1 amide bonds. The largest absolute Gasteiger partial charge is 0.488 e. The molecule has 0 saturated heterocycles. The van der Waals surface area contributed by atoms with Gasteiger partial charge in [0.1, 0.15) is 29.8 Å². The topological polar surface area (TPSA) is 99.4 Å². The predicted octanol–water partition coefficient (Wildman–Crippen LogP) is 5.41. The van der Waals surface area contributed by atoms with Crippen LogP contribution in [0.2, 0.25) is 0 Å². The summed E-state index contributed by atoms with van der Waals surface area (Å²) in [6.07, 6.45) is 1.40. The van der Waals surface area contributed by atoms with Crippen molar-refractivity contribution < 1.29 is 23.8 Å². The predicted molar refractivity (Wildman–Crippen MR) is 120 cm³/mol. The molecule has 160 valence electrons. The Morgan fingerprint density at radius 3 is 2.41 bits per heavy atom. The number of carbonyl (C=O) groups excluding carboxylic acids is 1. The lowest BCUT2D eigenvalue weighted by atomic mass is 10.1. The van der Waals surface area contributed by atoms with Crippen molar-refractivity contribution in [2.75, 3.05) is 5.32 Å². The molecule has 0 aliphatic rings. The monoisotopic (exact) mass is 494 g/mol. The molecular formula is C24H16BrFN2O4. The Hall–Kier alpha value is -3.96. The van der Waals surface area contributed by atoms with Crippen LogP contribution in [-0.4, -0.2) is 17.0 Å². The summed E-state index contributed by atoms with van der Waals surface area (Å²) in [5.74, 6) is -1.67. The van der Waals surface area contributed by atoms with E-state index in [-0.39, 0.29) is 17.7 Å². The normalized spacial score (nSPS) is 10.8. The Balaban J connectivity index is 1.79. The number of ether oxygens (including phenoxy) is 1. The van der Waals surface area contributed by atoms with Crippen molar-refractivity contribution >= 4 is 39.6 Å². The zero-order chi connectivity index (χ0) is 23.1. The number of aromatic carboxylic acids is 1. The molecule has 0 fully saturated rings. The molecule has 0 spiro atoms. The highest BCUT2D eigenvalue weighted by Gasteiger charge is 2.12. The van der Waals surface area contributed by atoms with Crippen molar-refractivity contribution in [3.63, 3.8) is 0 Å². The number of halogens is 2. The lowest BCUT2D eigenvalue weighted by molar-refractivity contribution is -0.112. The fourth-order valence-electron chi connectivity index (χ4n) is 2.70. The average Bonchev–Trinajstić information content (AvgIpc) is 2.78. The van der Waals surface area contributed by atoms with Gasteiger partial charge in [-0.25, -0.2) is 9.18 Å². The van der Waals surface area contributed by atoms with Crippen molar-refractivity contribution in [3.05, 3.63) is 99.3 Å². The summed E-state index contributed by atoms with van der Waals surface area (Å²) in [5.41, 5.74) is 1.61. The Morgan fingerprint density at radius 1 is 1.09 bits per heavy atom. The molecule has 0 unspecified atom stereocenters. The summed E-state index contributed by atoms with van der Waals surface area (Å²) in [5, 5.41) is 21.0. The van der Waals surface area contributed by atoms with E-state index in [1.54, 1.807) is 30.3 Å². The number of rotatable bonds is 7. The van der Waals surface area contributed by atoms with E-state index in [0.29, 0.717) is 17.0 Å². The summed E-state index contributed by atoms with van der Waals surface area (Å²) in [4.78, 5) is 23.5. The number of carboxylic acid groups (broad SMARTS) is 1. The van der Waals surface area contributed by atoms with Gasteiger partial charge in [0, 0.05) is 15.7 Å². The van der Waals surface area contributed by atoms with E-state index in [9.17, 15) is 19.2 Å². The van der Waals surface area contributed by atoms with E-state index in [4.69, 9.17) is 9.84 Å². The summed E-state index contributed by atoms with van der Waals surface area (Å²) >= 11 is 3.36. The molecule has 2 N–H and O–H groups in total. The zero-order valence-electron chi connectivity index (χ0n) is 16.5. The first-order valence-electron chi connectivity index (χ1n) is 9.29. The van der Waals surface area contributed by atoms with Gasteiger partial charge in [-0.2, -0.15) is 5.26 Å². The van der Waals surface area contributed by atoms with Crippen LogP contribution in [0.5, 0.6) is 5.75 Å². The molecule has 0 radical (unpaired) electrons. The molecular weight excluding hydrogens is 479 g/mol. The lowest BCUT2D eigenvalue weighted by Crippen LogP contribution is -2.13. The molecule has 0 atom stereocenters. The maximum Gasteiger partial charge on any atom is 0.335 e. The van der Waals surface area contributed by atoms with E-state index >= 15 is 0 Å². The number of amides is 1. The first-order valence-corrected chi connectivity index (χ1v) is 10.1. The van der Waals surface area contributed by atoms with Crippen LogP contribution < -0.4 is 10.1 Å². The maximum absolute atomic E-state index is 13.0. The first-order chi connectivity index (χ1) is 15.4. The number of nitriles is 1. The molecule has 0 bridgehead atoms. The van der Waals surface area contributed by atoms with Crippen LogP contribution in [0, 0.1) is 17.1 Å². The molecule has 8 heteroatoms. The Kier molecular flexibility index (Phi) is 7.37. The highest BCUT2D eigenvalue weighted by molar-refractivity contribution is 9.10. The Morgan fingerprint density at radius 2 is 1.78 bits per heavy atom. The van der Waals surface area contributed by atoms with Gasteiger partial charge in [0.2, 0.25) is 0 Å². The molecule has 3 aromatic carbocycles. The van der Waals surface area contributed by atoms with Crippen LogP contribution in [0.4, 0.5) is 10.1 Å². The molecule has 0 saturated carbocycles. The van der Waals surface area contributed by atoms with Gasteiger partial charge in [0.15, 0.2) is 0 Å². The number of hydrogen-bond donors (Lipinski definition) is 2. The number of benzene rings is 3. The Labute approximate surface area is 191 Å². The van der Waals surface area contributed by atoms with Crippen LogP contribution in [0.25, 0.3) is 6.08 Å². The van der Waals surface area contributed by atoms with E-state index in [0.717, 1.165) is 10.0 Å². The number of carbonyl (C=O) groups is 2. The minimum atomic E-state index is -1.01. The van der Waals surface area contributed by atoms with Crippen LogP contribution in [-0.2, 0) is 11.4 Å². The molecule has 0 aromatic heterocycles. The molecule has 0 aliphatic heterocycles. The van der Waals surface area contributed by atoms with Crippen molar-refractivity contribution in [1.82, 2.24) is 0 Å². The van der Waals surface area contributed by atoms with E-state index in [1.165, 1.54) is 42.5 Å². The smallest absolute Gasteiger partial charge is 0.335 e. The number of nitrogens with one attached hydrogen (secondary N) is 1. The summed E-state index contributed by atoms with van der Waals surface area (Å²) < 4.78 is 19.6. The third-order valence-electron chi connectivity index (χ3n) is 4.33. The Bertz CT molecular complexity index is 1220. The fourth-order valence-corrected chi connectivity index (χ4v) is 3.08. The van der Waals surface area contributed by atoms with Gasteiger partial charge in [0.05, 0.1) is 5.56 Å². The second-order valence-electron chi connectivity index (χ2n) is 6.60. The molecule has 0 aliphatic carbocycles. The van der Waals surface area contributed by atoms with Gasteiger partial charge in [-0.3, -0.25) is 4.79 Å². The van der Waals surface area contributed by atoms with Crippen LogP contribution in [0.1, 0.15) is 21.5 Å². The lowest BCUT2D eigenvalue weighted by Gasteiger charge is -2.11. The van der Waals surface area contributed by atoms with Crippen molar-refractivity contribution in [3.8, 4) is 11.8 Å². The van der Waals surface area contributed by atoms with Gasteiger partial charge in [-0.05, 0) is 66.2 Å². The third kappa shape index (κ3) is 6.03. The average molecular weight is 495 g/mol. The number of carboxylic acids is 1. The van der Waals surface area contributed by atoms with E-state index in [2.05, 4.69) is 21.2 Å². The minimum Gasteiger partial charge on any atom is -0.488 e. The highest BCUT2D eigenvalue weighted by Crippen LogP contribution is 2.27. The minimum absolute atomic E-state index is 0.159. The fraction of sp³-hybridized carbons (Fsp3) is 0.0417. The van der Waals surface area contributed by atoms with Gasteiger partial charge in [-0.15, -0.1) is 0 Å². The summed E-state index contributed by atoms with van der Waals surface area (Å²) in [7, 11) is 0. The third-order valence-corrected chi connectivity index (χ3v) is 4.83. The van der Waals surface area contributed by atoms with E-state index < -0.39 is 17.7 Å². The second kappa shape index (κ2) is 10.4. The van der Waals surface area contributed by atoms with E-state index in [1.807, 2.05) is 6.07 Å². The molecule has 3 rings (SSSR count). The second-order valence-corrected chi connectivity index (χ2v) is 7.52. The highest BCUT2D eigenvalue weighted by atomic mass is 79.9.